The molecule has 0 aliphatic carbocycles. The van der Waals surface area contributed by atoms with Gasteiger partial charge in [-0.1, -0.05) is 42.5 Å². The van der Waals surface area contributed by atoms with Crippen LogP contribution < -0.4 is 10.1 Å². The van der Waals surface area contributed by atoms with Crippen molar-refractivity contribution >= 4 is 5.91 Å². The van der Waals surface area contributed by atoms with E-state index in [9.17, 15) is 4.79 Å². The maximum absolute atomic E-state index is 12.4. The van der Waals surface area contributed by atoms with Crippen LogP contribution in [0, 0.1) is 6.92 Å². The lowest BCUT2D eigenvalue weighted by Gasteiger charge is -2.09. The van der Waals surface area contributed by atoms with Gasteiger partial charge in [-0.25, -0.2) is 0 Å². The summed E-state index contributed by atoms with van der Waals surface area (Å²) in [5, 5.41) is 2.93. The number of carbonyl (C=O) groups excluding carboxylic acids is 1. The first-order valence-electron chi connectivity index (χ1n) is 8.11. The molecule has 0 bridgehead atoms. The quantitative estimate of drug-likeness (QED) is 0.768. The zero-order valence-corrected chi connectivity index (χ0v) is 14.3. The van der Waals surface area contributed by atoms with Crippen LogP contribution in [0.15, 0.2) is 66.7 Å². The molecule has 1 amide bonds. The molecule has 0 aliphatic rings. The molecule has 3 aromatic rings. The second-order valence-electron chi connectivity index (χ2n) is 5.73. The molecule has 0 fully saturated rings. The summed E-state index contributed by atoms with van der Waals surface area (Å²) in [6.45, 7) is 2.32. The van der Waals surface area contributed by atoms with Crippen molar-refractivity contribution in [3.05, 3.63) is 83.6 Å². The Hall–Kier alpha value is -3.14. The molecular weight excluding hydrogens is 312 g/mol. The van der Waals surface area contributed by atoms with Crippen LogP contribution in [0.2, 0.25) is 0 Å². The minimum Gasteiger partial charge on any atom is -0.497 e. The lowest BCUT2D eigenvalue weighted by molar-refractivity contribution is 0.0950. The van der Waals surface area contributed by atoms with Gasteiger partial charge >= 0.3 is 0 Å². The van der Waals surface area contributed by atoms with Crippen molar-refractivity contribution in [3.8, 4) is 17.0 Å². The van der Waals surface area contributed by atoms with Gasteiger partial charge in [0.05, 0.1) is 24.1 Å². The number of hydrogen-bond donors (Lipinski definition) is 1. The molecule has 0 atom stereocenters. The van der Waals surface area contributed by atoms with Crippen molar-refractivity contribution in [1.29, 1.82) is 0 Å². The molecule has 2 aromatic carbocycles. The molecule has 4 nitrogen and oxygen atoms in total. The fourth-order valence-electron chi connectivity index (χ4n) is 2.59. The normalized spacial score (nSPS) is 10.3. The first-order chi connectivity index (χ1) is 12.2. The van der Waals surface area contributed by atoms with Gasteiger partial charge in [0, 0.05) is 12.1 Å². The maximum Gasteiger partial charge on any atom is 0.253 e. The SMILES string of the molecule is COc1ccc(CNC(=O)c2ccc(-c3ccccc3)nc2C)cc1. The highest BCUT2D eigenvalue weighted by Gasteiger charge is 2.11. The third kappa shape index (κ3) is 4.04. The summed E-state index contributed by atoms with van der Waals surface area (Å²) >= 11 is 0. The zero-order valence-electron chi connectivity index (χ0n) is 14.3. The molecule has 1 N–H and O–H groups in total. The van der Waals surface area contributed by atoms with Crippen LogP contribution >= 0.6 is 0 Å². The molecule has 4 heteroatoms. The molecular formula is C21H20N2O2. The Morgan fingerprint density at radius 2 is 1.72 bits per heavy atom. The molecule has 126 valence electrons. The van der Waals surface area contributed by atoms with E-state index >= 15 is 0 Å². The molecule has 0 unspecified atom stereocenters. The predicted molar refractivity (Wildman–Crippen MR) is 98.6 cm³/mol. The largest absolute Gasteiger partial charge is 0.497 e. The van der Waals surface area contributed by atoms with Crippen molar-refractivity contribution in [1.82, 2.24) is 10.3 Å². The van der Waals surface area contributed by atoms with Crippen LogP contribution in [0.25, 0.3) is 11.3 Å². The van der Waals surface area contributed by atoms with Crippen LogP contribution in [0.5, 0.6) is 5.75 Å². The third-order valence-electron chi connectivity index (χ3n) is 4.01. The lowest BCUT2D eigenvalue weighted by atomic mass is 10.1. The molecule has 0 saturated carbocycles. The van der Waals surface area contributed by atoms with Crippen molar-refractivity contribution in [2.24, 2.45) is 0 Å². The van der Waals surface area contributed by atoms with Gasteiger partial charge < -0.3 is 10.1 Å². The Kier molecular flexibility index (Phi) is 5.09. The van der Waals surface area contributed by atoms with Gasteiger partial charge in [-0.05, 0) is 36.8 Å². The van der Waals surface area contributed by atoms with Gasteiger partial charge in [-0.3, -0.25) is 9.78 Å². The first kappa shape index (κ1) is 16.7. The Labute approximate surface area is 147 Å². The van der Waals surface area contributed by atoms with Gasteiger partial charge in [0.1, 0.15) is 5.75 Å². The van der Waals surface area contributed by atoms with Gasteiger partial charge in [0.2, 0.25) is 0 Å². The number of hydrogen-bond acceptors (Lipinski definition) is 3. The van der Waals surface area contributed by atoms with Crippen LogP contribution in [-0.2, 0) is 6.54 Å². The second kappa shape index (κ2) is 7.62. The number of ether oxygens (including phenoxy) is 1. The summed E-state index contributed by atoms with van der Waals surface area (Å²) in [4.78, 5) is 17.0. The standard InChI is InChI=1S/C21H20N2O2/c1-15-19(12-13-20(23-15)17-6-4-3-5-7-17)21(24)22-14-16-8-10-18(25-2)11-9-16/h3-13H,14H2,1-2H3,(H,22,24). The summed E-state index contributed by atoms with van der Waals surface area (Å²) in [7, 11) is 1.63. The zero-order chi connectivity index (χ0) is 17.6. The fourth-order valence-corrected chi connectivity index (χ4v) is 2.59. The van der Waals surface area contributed by atoms with E-state index in [1.54, 1.807) is 7.11 Å². The highest BCUT2D eigenvalue weighted by molar-refractivity contribution is 5.95. The van der Waals surface area contributed by atoms with E-state index in [1.807, 2.05) is 73.7 Å². The fraction of sp³-hybridized carbons (Fsp3) is 0.143. The number of nitrogens with one attached hydrogen (secondary N) is 1. The lowest BCUT2D eigenvalue weighted by Crippen LogP contribution is -2.24. The summed E-state index contributed by atoms with van der Waals surface area (Å²) in [6.07, 6.45) is 0. The molecule has 3 rings (SSSR count). The van der Waals surface area contributed by atoms with Crippen molar-refractivity contribution in [3.63, 3.8) is 0 Å². The average Bonchev–Trinajstić information content (AvgIpc) is 2.67. The number of benzene rings is 2. The summed E-state index contributed by atoms with van der Waals surface area (Å²) in [5.74, 6) is 0.673. The minimum atomic E-state index is -0.125. The number of methoxy groups -OCH3 is 1. The molecule has 25 heavy (non-hydrogen) atoms. The van der Waals surface area contributed by atoms with E-state index in [4.69, 9.17) is 4.74 Å². The number of rotatable bonds is 5. The summed E-state index contributed by atoms with van der Waals surface area (Å²) in [5.41, 5.74) is 4.23. The molecule has 0 saturated heterocycles. The second-order valence-corrected chi connectivity index (χ2v) is 5.73. The maximum atomic E-state index is 12.4. The Morgan fingerprint density at radius 1 is 1.00 bits per heavy atom. The number of amides is 1. The van der Waals surface area contributed by atoms with E-state index in [-0.39, 0.29) is 5.91 Å². The van der Waals surface area contributed by atoms with Crippen LogP contribution in [0.1, 0.15) is 21.6 Å². The van der Waals surface area contributed by atoms with Crippen LogP contribution in [-0.4, -0.2) is 18.0 Å². The number of aromatic nitrogens is 1. The van der Waals surface area contributed by atoms with Crippen LogP contribution in [0.4, 0.5) is 0 Å². The van der Waals surface area contributed by atoms with Gasteiger partial charge in [-0.2, -0.15) is 0 Å². The Bertz CT molecular complexity index is 859. The van der Waals surface area contributed by atoms with E-state index < -0.39 is 0 Å². The highest BCUT2D eigenvalue weighted by atomic mass is 16.5. The predicted octanol–water partition coefficient (Wildman–Crippen LogP) is 4.00. The van der Waals surface area contributed by atoms with Crippen molar-refractivity contribution in [2.45, 2.75) is 13.5 Å². The number of carbonyl (C=O) groups is 1. The number of pyridine rings is 1. The van der Waals surface area contributed by atoms with Crippen molar-refractivity contribution < 1.29 is 9.53 Å². The number of aryl methyl sites for hydroxylation is 1. The topological polar surface area (TPSA) is 51.2 Å². The molecule has 0 radical (unpaired) electrons. The van der Waals surface area contributed by atoms with Gasteiger partial charge in [0.25, 0.3) is 5.91 Å². The van der Waals surface area contributed by atoms with E-state index in [0.717, 1.165) is 22.6 Å². The number of nitrogens with zero attached hydrogens (tertiary/aromatic N) is 1. The highest BCUT2D eigenvalue weighted by Crippen LogP contribution is 2.18. The molecule has 1 aromatic heterocycles. The monoisotopic (exact) mass is 332 g/mol. The smallest absolute Gasteiger partial charge is 0.253 e. The van der Waals surface area contributed by atoms with E-state index in [1.165, 1.54) is 0 Å². The Balaban J connectivity index is 1.69. The van der Waals surface area contributed by atoms with E-state index in [2.05, 4.69) is 10.3 Å². The molecule has 0 aliphatic heterocycles. The van der Waals surface area contributed by atoms with E-state index in [0.29, 0.717) is 17.8 Å². The minimum absolute atomic E-state index is 0.125. The average molecular weight is 332 g/mol. The van der Waals surface area contributed by atoms with Crippen LogP contribution in [0.3, 0.4) is 0 Å². The summed E-state index contributed by atoms with van der Waals surface area (Å²) < 4.78 is 5.13. The van der Waals surface area contributed by atoms with Gasteiger partial charge in [-0.15, -0.1) is 0 Å². The summed E-state index contributed by atoms with van der Waals surface area (Å²) in [6, 6.07) is 21.3. The molecule has 0 spiro atoms. The van der Waals surface area contributed by atoms with Gasteiger partial charge in [0.15, 0.2) is 0 Å². The first-order valence-corrected chi connectivity index (χ1v) is 8.11. The molecule has 1 heterocycles. The van der Waals surface area contributed by atoms with Crippen molar-refractivity contribution in [2.75, 3.05) is 7.11 Å². The Morgan fingerprint density at radius 3 is 2.36 bits per heavy atom. The third-order valence-corrected chi connectivity index (χ3v) is 4.01.